The van der Waals surface area contributed by atoms with E-state index in [1.807, 2.05) is 4.90 Å². The Labute approximate surface area is 121 Å². The minimum Gasteiger partial charge on any atom is -0.352 e. The van der Waals surface area contributed by atoms with Gasteiger partial charge in [0, 0.05) is 26.2 Å². The summed E-state index contributed by atoms with van der Waals surface area (Å²) in [6.45, 7) is 7.84. The summed E-state index contributed by atoms with van der Waals surface area (Å²) in [6, 6.07) is 0. The fourth-order valence-corrected chi connectivity index (χ4v) is 3.00. The van der Waals surface area contributed by atoms with Crippen molar-refractivity contribution in [1.29, 1.82) is 0 Å². The van der Waals surface area contributed by atoms with Gasteiger partial charge < -0.3 is 10.2 Å². The lowest BCUT2D eigenvalue weighted by molar-refractivity contribution is -0.136. The molecule has 0 bridgehead atoms. The first kappa shape index (κ1) is 15.0. The van der Waals surface area contributed by atoms with E-state index < -0.39 is 0 Å². The summed E-state index contributed by atoms with van der Waals surface area (Å²) in [5.74, 6) is 0.384. The van der Waals surface area contributed by atoms with E-state index in [1.165, 1.54) is 6.42 Å². The molecule has 112 valence electrons. The van der Waals surface area contributed by atoms with Crippen LogP contribution in [0.2, 0.25) is 0 Å². The van der Waals surface area contributed by atoms with Crippen molar-refractivity contribution in [2.45, 2.75) is 25.7 Å². The fraction of sp³-hybridized carbons (Fsp3) is 0.733. The van der Waals surface area contributed by atoms with Crippen molar-refractivity contribution in [3.05, 3.63) is 12.7 Å². The molecular weight excluding hydrogens is 254 g/mol. The minimum absolute atomic E-state index is 0.0102. The SMILES string of the molecule is C=CCNC(=O)CN1CCC(C(=O)N2CCCCC2)C1. The molecule has 2 heterocycles. The summed E-state index contributed by atoms with van der Waals surface area (Å²) in [7, 11) is 0. The Bertz CT molecular complexity index is 364. The van der Waals surface area contributed by atoms with Gasteiger partial charge in [-0.25, -0.2) is 0 Å². The molecule has 1 unspecified atom stereocenters. The summed E-state index contributed by atoms with van der Waals surface area (Å²) >= 11 is 0. The lowest BCUT2D eigenvalue weighted by Gasteiger charge is -2.29. The zero-order valence-corrected chi connectivity index (χ0v) is 12.1. The van der Waals surface area contributed by atoms with Crippen molar-refractivity contribution in [1.82, 2.24) is 15.1 Å². The van der Waals surface area contributed by atoms with E-state index in [0.717, 1.165) is 45.4 Å². The molecule has 0 aromatic carbocycles. The molecule has 1 atom stereocenters. The molecule has 0 aromatic rings. The number of piperidine rings is 1. The van der Waals surface area contributed by atoms with Crippen molar-refractivity contribution in [2.75, 3.05) is 39.3 Å². The second kappa shape index (κ2) is 7.43. The van der Waals surface area contributed by atoms with E-state index >= 15 is 0 Å². The molecule has 0 saturated carbocycles. The molecule has 20 heavy (non-hydrogen) atoms. The van der Waals surface area contributed by atoms with Gasteiger partial charge in [-0.2, -0.15) is 0 Å². The largest absolute Gasteiger partial charge is 0.352 e. The maximum Gasteiger partial charge on any atom is 0.234 e. The highest BCUT2D eigenvalue weighted by atomic mass is 16.2. The molecule has 2 saturated heterocycles. The Balaban J connectivity index is 1.75. The molecule has 2 amide bonds. The molecule has 5 heteroatoms. The Morgan fingerprint density at radius 1 is 1.20 bits per heavy atom. The molecular formula is C15H25N3O2. The van der Waals surface area contributed by atoms with Gasteiger partial charge in [0.25, 0.3) is 0 Å². The highest BCUT2D eigenvalue weighted by Crippen LogP contribution is 2.20. The van der Waals surface area contributed by atoms with Crippen LogP contribution in [0, 0.1) is 5.92 Å². The third-order valence-corrected chi connectivity index (χ3v) is 4.10. The first-order chi connectivity index (χ1) is 9.70. The minimum atomic E-state index is 0.0102. The predicted octanol–water partition coefficient (Wildman–Crippen LogP) is 0.623. The highest BCUT2D eigenvalue weighted by Gasteiger charge is 2.32. The van der Waals surface area contributed by atoms with Crippen molar-refractivity contribution in [3.63, 3.8) is 0 Å². The van der Waals surface area contributed by atoms with Crippen LogP contribution in [0.1, 0.15) is 25.7 Å². The second-order valence-electron chi connectivity index (χ2n) is 5.70. The van der Waals surface area contributed by atoms with E-state index in [1.54, 1.807) is 6.08 Å². The zero-order valence-electron chi connectivity index (χ0n) is 12.1. The number of nitrogens with zero attached hydrogens (tertiary/aromatic N) is 2. The van der Waals surface area contributed by atoms with Crippen molar-refractivity contribution < 1.29 is 9.59 Å². The predicted molar refractivity (Wildman–Crippen MR) is 78.2 cm³/mol. The molecule has 2 rings (SSSR count). The third kappa shape index (κ3) is 4.07. The van der Waals surface area contributed by atoms with Crippen LogP contribution in [-0.2, 0) is 9.59 Å². The van der Waals surface area contributed by atoms with Crippen LogP contribution in [0.15, 0.2) is 12.7 Å². The second-order valence-corrected chi connectivity index (χ2v) is 5.70. The van der Waals surface area contributed by atoms with Gasteiger partial charge in [0.1, 0.15) is 0 Å². The van der Waals surface area contributed by atoms with Crippen LogP contribution >= 0.6 is 0 Å². The van der Waals surface area contributed by atoms with Gasteiger partial charge in [0.15, 0.2) is 0 Å². The number of nitrogens with one attached hydrogen (secondary N) is 1. The summed E-state index contributed by atoms with van der Waals surface area (Å²) in [5.41, 5.74) is 0. The van der Waals surface area contributed by atoms with Crippen molar-refractivity contribution >= 4 is 11.8 Å². The number of amides is 2. The van der Waals surface area contributed by atoms with Crippen LogP contribution in [0.25, 0.3) is 0 Å². The standard InChI is InChI=1S/C15H25N3O2/c1-2-7-16-14(19)12-17-10-6-13(11-17)15(20)18-8-4-3-5-9-18/h2,13H,1,3-12H2,(H,16,19). The van der Waals surface area contributed by atoms with E-state index in [9.17, 15) is 9.59 Å². The monoisotopic (exact) mass is 279 g/mol. The summed E-state index contributed by atoms with van der Waals surface area (Å²) < 4.78 is 0. The first-order valence-corrected chi connectivity index (χ1v) is 7.59. The molecule has 2 aliphatic heterocycles. The van der Waals surface area contributed by atoms with Gasteiger partial charge >= 0.3 is 0 Å². The maximum absolute atomic E-state index is 12.4. The number of hydrogen-bond acceptors (Lipinski definition) is 3. The lowest BCUT2D eigenvalue weighted by Crippen LogP contribution is -2.41. The number of carbonyl (C=O) groups excluding carboxylic acids is 2. The van der Waals surface area contributed by atoms with Gasteiger partial charge in [-0.15, -0.1) is 6.58 Å². The molecule has 0 spiro atoms. The number of rotatable bonds is 5. The van der Waals surface area contributed by atoms with Gasteiger partial charge in [-0.1, -0.05) is 6.08 Å². The Kier molecular flexibility index (Phi) is 5.59. The lowest BCUT2D eigenvalue weighted by atomic mass is 10.0. The number of carbonyl (C=O) groups is 2. The van der Waals surface area contributed by atoms with E-state index in [0.29, 0.717) is 19.0 Å². The van der Waals surface area contributed by atoms with Gasteiger partial charge in [0.2, 0.25) is 11.8 Å². The summed E-state index contributed by atoms with van der Waals surface area (Å²) in [6.07, 6.45) is 6.05. The third-order valence-electron chi connectivity index (χ3n) is 4.10. The smallest absolute Gasteiger partial charge is 0.234 e. The molecule has 1 N–H and O–H groups in total. The van der Waals surface area contributed by atoms with Crippen LogP contribution in [0.5, 0.6) is 0 Å². The molecule has 5 nitrogen and oxygen atoms in total. The van der Waals surface area contributed by atoms with Crippen LogP contribution in [0.4, 0.5) is 0 Å². The summed E-state index contributed by atoms with van der Waals surface area (Å²) in [5, 5.41) is 2.77. The molecule has 0 aliphatic carbocycles. The van der Waals surface area contributed by atoms with E-state index in [-0.39, 0.29) is 11.8 Å². The fourth-order valence-electron chi connectivity index (χ4n) is 3.00. The van der Waals surface area contributed by atoms with Crippen molar-refractivity contribution in [3.8, 4) is 0 Å². The average Bonchev–Trinajstić information content (AvgIpc) is 2.93. The number of hydrogen-bond donors (Lipinski definition) is 1. The normalized spacial score (nSPS) is 23.6. The average molecular weight is 279 g/mol. The Hall–Kier alpha value is -1.36. The molecule has 0 aromatic heterocycles. The van der Waals surface area contributed by atoms with Crippen molar-refractivity contribution in [2.24, 2.45) is 5.92 Å². The van der Waals surface area contributed by atoms with Crippen LogP contribution in [-0.4, -0.2) is 60.9 Å². The quantitative estimate of drug-likeness (QED) is 0.751. The van der Waals surface area contributed by atoms with Crippen LogP contribution < -0.4 is 5.32 Å². The Morgan fingerprint density at radius 3 is 2.65 bits per heavy atom. The van der Waals surface area contributed by atoms with E-state index in [2.05, 4.69) is 16.8 Å². The molecule has 2 aliphatic rings. The van der Waals surface area contributed by atoms with Gasteiger partial charge in [0.05, 0.1) is 12.5 Å². The molecule has 0 radical (unpaired) electrons. The molecule has 2 fully saturated rings. The van der Waals surface area contributed by atoms with Gasteiger partial charge in [-0.3, -0.25) is 14.5 Å². The Morgan fingerprint density at radius 2 is 1.95 bits per heavy atom. The maximum atomic E-state index is 12.4. The number of likely N-dealkylation sites (tertiary alicyclic amines) is 2. The zero-order chi connectivity index (χ0) is 14.4. The van der Waals surface area contributed by atoms with E-state index in [4.69, 9.17) is 0 Å². The van der Waals surface area contributed by atoms with Crippen LogP contribution in [0.3, 0.4) is 0 Å². The topological polar surface area (TPSA) is 52.7 Å². The summed E-state index contributed by atoms with van der Waals surface area (Å²) in [4.78, 5) is 28.1. The van der Waals surface area contributed by atoms with Gasteiger partial charge in [-0.05, 0) is 32.2 Å². The highest BCUT2D eigenvalue weighted by molar-refractivity contribution is 5.80. The first-order valence-electron chi connectivity index (χ1n) is 7.59.